The molecular weight excluding hydrogens is 517 g/mol. The zero-order valence-electron chi connectivity index (χ0n) is 20.2. The maximum absolute atomic E-state index is 13.2. The van der Waals surface area contributed by atoms with Gasteiger partial charge < -0.3 is 5.32 Å². The molecule has 196 valence electrons. The summed E-state index contributed by atoms with van der Waals surface area (Å²) in [6, 6.07) is 9.47. The van der Waals surface area contributed by atoms with Crippen LogP contribution in [0.15, 0.2) is 52.3 Å². The molecule has 0 spiro atoms. The van der Waals surface area contributed by atoms with Crippen LogP contribution in [0.3, 0.4) is 0 Å². The first kappa shape index (κ1) is 26.5. The Morgan fingerprint density at radius 2 is 1.42 bits per heavy atom. The number of sulfonamides is 1. The molecule has 36 heavy (non-hydrogen) atoms. The highest BCUT2D eigenvalue weighted by atomic mass is 32.2. The van der Waals surface area contributed by atoms with Crippen LogP contribution < -0.4 is 10.0 Å². The SMILES string of the molecule is CC(C)(C)c1ccc(S(=O)(=O)Nc2cc(S(C)(=O)=O)ccc2C(=O)NC23CC(C(F)(F)F)(C2)C3)cc1. The second-order valence-electron chi connectivity index (χ2n) is 10.9. The molecule has 3 aliphatic rings. The van der Waals surface area contributed by atoms with E-state index in [9.17, 15) is 34.8 Å². The van der Waals surface area contributed by atoms with Crippen molar-refractivity contribution in [1.29, 1.82) is 0 Å². The van der Waals surface area contributed by atoms with Crippen LogP contribution in [0.25, 0.3) is 0 Å². The van der Waals surface area contributed by atoms with Gasteiger partial charge in [-0.2, -0.15) is 13.2 Å². The van der Waals surface area contributed by atoms with Gasteiger partial charge in [0.15, 0.2) is 9.84 Å². The molecule has 3 fully saturated rings. The van der Waals surface area contributed by atoms with Gasteiger partial charge in [0.1, 0.15) is 0 Å². The molecule has 0 atom stereocenters. The predicted octanol–water partition coefficient (Wildman–Crippen LogP) is 4.40. The molecule has 7 nitrogen and oxygen atoms in total. The molecule has 3 aliphatic carbocycles. The first-order valence-electron chi connectivity index (χ1n) is 11.1. The van der Waals surface area contributed by atoms with Crippen LogP contribution in [0.4, 0.5) is 18.9 Å². The smallest absolute Gasteiger partial charge is 0.346 e. The van der Waals surface area contributed by atoms with E-state index in [0.29, 0.717) is 0 Å². The maximum atomic E-state index is 13.2. The van der Waals surface area contributed by atoms with Crippen molar-refractivity contribution < 1.29 is 34.8 Å². The maximum Gasteiger partial charge on any atom is 0.394 e. The van der Waals surface area contributed by atoms with Crippen molar-refractivity contribution in [2.24, 2.45) is 5.41 Å². The number of anilines is 1. The van der Waals surface area contributed by atoms with Gasteiger partial charge >= 0.3 is 6.18 Å². The molecule has 2 aromatic rings. The second-order valence-corrected chi connectivity index (χ2v) is 14.6. The van der Waals surface area contributed by atoms with Crippen molar-refractivity contribution in [3.8, 4) is 0 Å². The fraction of sp³-hybridized carbons (Fsp3) is 0.458. The van der Waals surface area contributed by atoms with Gasteiger partial charge in [-0.25, -0.2) is 16.8 Å². The van der Waals surface area contributed by atoms with E-state index >= 15 is 0 Å². The number of amides is 1. The molecule has 3 saturated carbocycles. The monoisotopic (exact) mass is 544 g/mol. The topological polar surface area (TPSA) is 109 Å². The van der Waals surface area contributed by atoms with E-state index < -0.39 is 42.9 Å². The van der Waals surface area contributed by atoms with Crippen LogP contribution >= 0.6 is 0 Å². The number of hydrogen-bond acceptors (Lipinski definition) is 5. The Bertz CT molecular complexity index is 1420. The van der Waals surface area contributed by atoms with Gasteiger partial charge in [0, 0.05) is 11.8 Å². The Balaban J connectivity index is 1.63. The summed E-state index contributed by atoms with van der Waals surface area (Å²) in [4.78, 5) is 12.7. The van der Waals surface area contributed by atoms with Gasteiger partial charge in [-0.15, -0.1) is 0 Å². The average molecular weight is 545 g/mol. The summed E-state index contributed by atoms with van der Waals surface area (Å²) in [5, 5.41) is 2.60. The summed E-state index contributed by atoms with van der Waals surface area (Å²) < 4.78 is 92.1. The third-order valence-corrected chi connectivity index (χ3v) is 9.44. The largest absolute Gasteiger partial charge is 0.394 e. The fourth-order valence-electron chi connectivity index (χ4n) is 4.90. The van der Waals surface area contributed by atoms with Crippen molar-refractivity contribution >= 4 is 31.5 Å². The minimum absolute atomic E-state index is 0.0989. The van der Waals surface area contributed by atoms with Crippen molar-refractivity contribution in [1.82, 2.24) is 5.32 Å². The molecule has 0 aliphatic heterocycles. The number of nitrogens with one attached hydrogen (secondary N) is 2. The Kier molecular flexibility index (Phi) is 5.84. The number of sulfone groups is 1. The van der Waals surface area contributed by atoms with Crippen LogP contribution in [0.5, 0.6) is 0 Å². The molecule has 1 amide bonds. The van der Waals surface area contributed by atoms with Gasteiger partial charge in [0.05, 0.1) is 26.5 Å². The molecule has 0 aromatic heterocycles. The molecule has 0 unspecified atom stereocenters. The number of carbonyl (C=O) groups excluding carboxylic acids is 1. The van der Waals surface area contributed by atoms with E-state index in [4.69, 9.17) is 0 Å². The zero-order valence-corrected chi connectivity index (χ0v) is 21.8. The molecule has 2 bridgehead atoms. The zero-order chi connectivity index (χ0) is 26.9. The molecule has 5 rings (SSSR count). The van der Waals surface area contributed by atoms with Crippen LogP contribution in [0.2, 0.25) is 0 Å². The first-order chi connectivity index (χ1) is 16.3. The second kappa shape index (κ2) is 7.95. The van der Waals surface area contributed by atoms with E-state index in [1.165, 1.54) is 12.1 Å². The van der Waals surface area contributed by atoms with Crippen molar-refractivity contribution in [3.05, 3.63) is 53.6 Å². The number of halogens is 3. The number of hydrogen-bond donors (Lipinski definition) is 2. The molecule has 2 N–H and O–H groups in total. The van der Waals surface area contributed by atoms with Crippen molar-refractivity contribution in [2.45, 2.75) is 67.0 Å². The van der Waals surface area contributed by atoms with Crippen LogP contribution in [0.1, 0.15) is 56.0 Å². The highest BCUT2D eigenvalue weighted by Gasteiger charge is 2.79. The summed E-state index contributed by atoms with van der Waals surface area (Å²) in [5.74, 6) is -0.786. The molecule has 2 aromatic carbocycles. The molecular formula is C24H27F3N2O5S2. The van der Waals surface area contributed by atoms with E-state index in [1.807, 2.05) is 20.8 Å². The number of carbonyl (C=O) groups is 1. The van der Waals surface area contributed by atoms with E-state index in [1.54, 1.807) is 12.1 Å². The minimum atomic E-state index is -4.35. The average Bonchev–Trinajstić information content (AvgIpc) is 2.67. The molecule has 12 heteroatoms. The van der Waals surface area contributed by atoms with Crippen molar-refractivity contribution in [2.75, 3.05) is 11.0 Å². The van der Waals surface area contributed by atoms with E-state index in [0.717, 1.165) is 30.0 Å². The summed E-state index contributed by atoms with van der Waals surface area (Å²) in [7, 11) is -7.97. The van der Waals surface area contributed by atoms with Crippen LogP contribution in [0, 0.1) is 5.41 Å². The summed E-state index contributed by atoms with van der Waals surface area (Å²) in [6.45, 7) is 5.91. The summed E-state index contributed by atoms with van der Waals surface area (Å²) >= 11 is 0. The summed E-state index contributed by atoms with van der Waals surface area (Å²) in [5.41, 5.74) is -2.56. The lowest BCUT2D eigenvalue weighted by molar-refractivity contribution is -0.336. The minimum Gasteiger partial charge on any atom is -0.346 e. The van der Waals surface area contributed by atoms with Crippen LogP contribution in [-0.2, 0) is 25.3 Å². The lowest BCUT2D eigenvalue weighted by atomic mass is 9.39. The molecule has 0 heterocycles. The fourth-order valence-corrected chi connectivity index (χ4v) is 6.62. The number of benzene rings is 2. The highest BCUT2D eigenvalue weighted by molar-refractivity contribution is 7.92. The Labute approximate surface area is 208 Å². The third kappa shape index (κ3) is 4.60. The van der Waals surface area contributed by atoms with Crippen LogP contribution in [-0.4, -0.2) is 40.7 Å². The van der Waals surface area contributed by atoms with Gasteiger partial charge in [-0.3, -0.25) is 9.52 Å². The van der Waals surface area contributed by atoms with Gasteiger partial charge in [-0.1, -0.05) is 32.9 Å². The van der Waals surface area contributed by atoms with Gasteiger partial charge in [-0.05, 0) is 60.6 Å². The standard InChI is InChI=1S/C24H27F3N2O5S2/c1-21(2,3)15-5-7-16(8-6-15)36(33,34)29-19-11-17(35(4,31)32)9-10-18(19)20(30)28-23-12-22(13-23,14-23)24(25,26)27/h5-11,29H,12-14H2,1-4H3,(H,28,30). The van der Waals surface area contributed by atoms with Crippen molar-refractivity contribution in [3.63, 3.8) is 0 Å². The van der Waals surface area contributed by atoms with Gasteiger partial charge in [0.2, 0.25) is 0 Å². The number of rotatable bonds is 6. The highest BCUT2D eigenvalue weighted by Crippen LogP contribution is 2.73. The summed E-state index contributed by atoms with van der Waals surface area (Å²) in [6.07, 6.45) is -4.13. The third-order valence-electron chi connectivity index (χ3n) is 6.95. The molecule has 0 radical (unpaired) electrons. The van der Waals surface area contributed by atoms with E-state index in [-0.39, 0.29) is 45.7 Å². The Hall–Kier alpha value is -2.60. The molecule has 0 saturated heterocycles. The first-order valence-corrected chi connectivity index (χ1v) is 14.5. The van der Waals surface area contributed by atoms with Gasteiger partial charge in [0.25, 0.3) is 15.9 Å². The lowest BCUT2D eigenvalue weighted by Crippen LogP contribution is -2.78. The predicted molar refractivity (Wildman–Crippen MR) is 128 cm³/mol. The number of alkyl halides is 3. The quantitative estimate of drug-likeness (QED) is 0.560. The normalized spacial score (nSPS) is 23.9. The lowest BCUT2D eigenvalue weighted by Gasteiger charge is -2.70. The Morgan fingerprint density at radius 1 is 0.889 bits per heavy atom. The Morgan fingerprint density at radius 3 is 1.89 bits per heavy atom. The van der Waals surface area contributed by atoms with E-state index in [2.05, 4.69) is 10.0 Å².